The minimum absolute atomic E-state index is 0. The number of unbranched alkanes of at least 4 members (excludes halogenated alkanes) is 6. The van der Waals surface area contributed by atoms with Crippen LogP contribution in [0.1, 0.15) is 89.4 Å². The minimum atomic E-state index is 0. The second-order valence-corrected chi connectivity index (χ2v) is 10.2. The molecule has 8 bridgehead atoms. The first-order valence-electron chi connectivity index (χ1n) is 14.2. The number of rotatable bonds is 10. The molecule has 1 aromatic rings. The summed E-state index contributed by atoms with van der Waals surface area (Å²) in [4.78, 5) is 19.8. The Morgan fingerprint density at radius 1 is 0.692 bits per heavy atom. The van der Waals surface area contributed by atoms with Crippen LogP contribution in [0.4, 0.5) is 0 Å². The second kappa shape index (κ2) is 13.7. The van der Waals surface area contributed by atoms with E-state index in [1.54, 1.807) is 0 Å². The molecule has 204 valence electrons. The molecule has 5 heterocycles. The summed E-state index contributed by atoms with van der Waals surface area (Å²) in [6.07, 6.45) is 26.3. The SMILES string of the molecule is CCCCCCC1=C2C=CC(=N2)/C(=C/[O-])c2ccc([n-]2)C(CCCCCC)=C2C=CC(=N2)C=C2C=CC1=N2.[Ni+2]. The van der Waals surface area contributed by atoms with Crippen molar-refractivity contribution in [1.29, 1.82) is 0 Å². The molecule has 0 saturated heterocycles. The van der Waals surface area contributed by atoms with E-state index in [2.05, 4.69) is 38.2 Å². The van der Waals surface area contributed by atoms with Gasteiger partial charge in [0.05, 0.1) is 34.2 Å². The quantitative estimate of drug-likeness (QED) is 0.172. The van der Waals surface area contributed by atoms with Crippen LogP contribution in [0.25, 0.3) is 11.1 Å². The molecule has 5 rings (SSSR count). The first-order chi connectivity index (χ1) is 18.7. The second-order valence-electron chi connectivity index (χ2n) is 10.2. The fourth-order valence-electron chi connectivity index (χ4n) is 5.25. The van der Waals surface area contributed by atoms with Gasteiger partial charge in [0.15, 0.2) is 0 Å². The van der Waals surface area contributed by atoms with Crippen LogP contribution in [-0.4, -0.2) is 17.1 Å². The molecule has 0 spiro atoms. The smallest absolute Gasteiger partial charge is 0.877 e. The third kappa shape index (κ3) is 6.68. The van der Waals surface area contributed by atoms with Crippen LogP contribution in [0.3, 0.4) is 0 Å². The van der Waals surface area contributed by atoms with E-state index >= 15 is 0 Å². The number of aliphatic imine (C=N–C) groups is 3. The zero-order valence-corrected chi connectivity index (χ0v) is 23.8. The summed E-state index contributed by atoms with van der Waals surface area (Å²) in [7, 11) is 0. The topological polar surface area (TPSA) is 74.2 Å². The molecule has 0 radical (unpaired) electrons. The van der Waals surface area contributed by atoms with Gasteiger partial charge in [-0.1, -0.05) is 64.5 Å². The Bertz CT molecular complexity index is 1390. The minimum Gasteiger partial charge on any atom is -0.877 e. The zero-order valence-electron chi connectivity index (χ0n) is 22.9. The van der Waals surface area contributed by atoms with E-state index in [-0.39, 0.29) is 16.5 Å². The number of allylic oxidation sites excluding steroid dienone is 10. The molecule has 4 aliphatic heterocycles. The van der Waals surface area contributed by atoms with Gasteiger partial charge in [0, 0.05) is 5.57 Å². The molecule has 0 saturated carbocycles. The molecule has 0 aromatic carbocycles. The van der Waals surface area contributed by atoms with Crippen LogP contribution < -0.4 is 10.1 Å². The van der Waals surface area contributed by atoms with Crippen LogP contribution in [-0.2, 0) is 16.5 Å². The summed E-state index contributed by atoms with van der Waals surface area (Å²) in [5.41, 5.74) is 9.54. The van der Waals surface area contributed by atoms with Crippen LogP contribution in [0.2, 0.25) is 0 Å². The number of hydrogen-bond acceptors (Lipinski definition) is 4. The first-order valence-corrected chi connectivity index (χ1v) is 14.2. The molecule has 0 fully saturated rings. The molecule has 0 atom stereocenters. The maximum Gasteiger partial charge on any atom is 2.00 e. The van der Waals surface area contributed by atoms with Gasteiger partial charge in [-0.25, -0.2) is 15.0 Å². The van der Waals surface area contributed by atoms with Crippen LogP contribution >= 0.6 is 0 Å². The van der Waals surface area contributed by atoms with Crippen molar-refractivity contribution in [2.75, 3.05) is 0 Å². The molecule has 0 unspecified atom stereocenters. The Morgan fingerprint density at radius 2 is 1.36 bits per heavy atom. The van der Waals surface area contributed by atoms with Crippen molar-refractivity contribution in [1.82, 2.24) is 4.98 Å². The van der Waals surface area contributed by atoms with E-state index in [4.69, 9.17) is 20.0 Å². The van der Waals surface area contributed by atoms with E-state index < -0.39 is 0 Å². The average molecular weight is 563 g/mol. The van der Waals surface area contributed by atoms with Crippen molar-refractivity contribution in [3.05, 3.63) is 95.0 Å². The molecule has 0 aliphatic carbocycles. The normalized spacial score (nSPS) is 18.6. The summed E-state index contributed by atoms with van der Waals surface area (Å²) in [5.74, 6) is 0. The Hall–Kier alpha value is -3.24. The average Bonchev–Trinajstić information content (AvgIpc) is 3.73. The molecular formula is C33H36N4NiO. The van der Waals surface area contributed by atoms with E-state index in [0.717, 1.165) is 77.3 Å². The van der Waals surface area contributed by atoms with Crippen molar-refractivity contribution in [3.63, 3.8) is 0 Å². The predicted molar refractivity (Wildman–Crippen MR) is 157 cm³/mol. The van der Waals surface area contributed by atoms with E-state index in [1.807, 2.05) is 30.4 Å². The Morgan fingerprint density at radius 3 is 2.10 bits per heavy atom. The van der Waals surface area contributed by atoms with Crippen molar-refractivity contribution in [2.24, 2.45) is 15.0 Å². The number of nitrogens with zero attached hydrogens (tertiary/aromatic N) is 4. The summed E-state index contributed by atoms with van der Waals surface area (Å²) in [6, 6.07) is 3.96. The largest absolute Gasteiger partial charge is 2.00 e. The Balaban J connectivity index is 0.00000353. The number of fused-ring (bicyclic) bond motifs is 5. The molecule has 4 aliphatic rings. The molecule has 39 heavy (non-hydrogen) atoms. The van der Waals surface area contributed by atoms with Gasteiger partial charge in [-0.05, 0) is 79.4 Å². The van der Waals surface area contributed by atoms with Gasteiger partial charge in [-0.3, -0.25) is 0 Å². The van der Waals surface area contributed by atoms with Crippen molar-refractivity contribution in [3.8, 4) is 0 Å². The van der Waals surface area contributed by atoms with Crippen LogP contribution in [0.5, 0.6) is 0 Å². The predicted octanol–water partition coefficient (Wildman–Crippen LogP) is 7.18. The molecular weight excluding hydrogens is 527 g/mol. The molecule has 5 nitrogen and oxygen atoms in total. The van der Waals surface area contributed by atoms with Gasteiger partial charge >= 0.3 is 16.5 Å². The number of hydrogen-bond donors (Lipinski definition) is 0. The fraction of sp³-hybridized carbons (Fsp3) is 0.364. The van der Waals surface area contributed by atoms with Gasteiger partial charge < -0.3 is 10.1 Å². The molecule has 0 amide bonds. The van der Waals surface area contributed by atoms with Crippen LogP contribution in [0.15, 0.2) is 98.6 Å². The van der Waals surface area contributed by atoms with Gasteiger partial charge in [-0.15, -0.1) is 17.6 Å². The maximum absolute atomic E-state index is 12.3. The van der Waals surface area contributed by atoms with Crippen LogP contribution in [0, 0.1) is 0 Å². The summed E-state index contributed by atoms with van der Waals surface area (Å²) >= 11 is 0. The Kier molecular flexibility index (Phi) is 10.1. The third-order valence-electron chi connectivity index (χ3n) is 7.37. The summed E-state index contributed by atoms with van der Waals surface area (Å²) in [6.45, 7) is 4.45. The summed E-state index contributed by atoms with van der Waals surface area (Å²) < 4.78 is 0. The molecule has 6 heteroatoms. The van der Waals surface area contributed by atoms with Crippen molar-refractivity contribution >= 4 is 28.3 Å². The molecule has 1 aromatic heterocycles. The van der Waals surface area contributed by atoms with E-state index in [1.165, 1.54) is 38.5 Å². The van der Waals surface area contributed by atoms with E-state index in [0.29, 0.717) is 17.0 Å². The summed E-state index contributed by atoms with van der Waals surface area (Å²) in [5, 5.41) is 12.3. The third-order valence-corrected chi connectivity index (χ3v) is 7.37. The van der Waals surface area contributed by atoms with Crippen molar-refractivity contribution < 1.29 is 21.6 Å². The van der Waals surface area contributed by atoms with Gasteiger partial charge in [0.25, 0.3) is 0 Å². The maximum atomic E-state index is 12.3. The zero-order chi connectivity index (χ0) is 26.3. The first kappa shape index (κ1) is 28.8. The van der Waals surface area contributed by atoms with Gasteiger partial charge in [-0.2, -0.15) is 0 Å². The standard InChI is InChI=1S/C33H37N4O.Ni/c1-3-5-7-9-11-25-28-15-13-23(34-28)21-24-14-16-29(35-24)26(12-10-8-6-4-2)31-18-20-33(37-31)27(22-38)32-19-17-30(25)36-32;/h13-22H,3-12H2,1-2H3,(H-,34,35,36,37,38);/q-1;+2/p-1. The monoisotopic (exact) mass is 562 g/mol. The number of aromatic nitrogens is 1. The van der Waals surface area contributed by atoms with Crippen molar-refractivity contribution in [2.45, 2.75) is 78.1 Å². The molecule has 0 N–H and O–H groups in total. The Labute approximate surface area is 242 Å². The van der Waals surface area contributed by atoms with E-state index in [9.17, 15) is 5.11 Å². The fourth-order valence-corrected chi connectivity index (χ4v) is 5.25. The van der Waals surface area contributed by atoms with Gasteiger partial charge in [0.2, 0.25) is 0 Å². The van der Waals surface area contributed by atoms with Gasteiger partial charge in [0.1, 0.15) is 0 Å².